The minimum atomic E-state index is -3.05. The molecule has 2 rings (SSSR count). The minimum Gasteiger partial charge on any atom is -0.334 e. The van der Waals surface area contributed by atoms with Gasteiger partial charge in [0.25, 0.3) is 11.8 Å². The highest BCUT2D eigenvalue weighted by molar-refractivity contribution is 7.91. The van der Waals surface area contributed by atoms with Crippen LogP contribution in [0.2, 0.25) is 0 Å². The standard InChI is InChI=1S/C20H31N3O4S/c1-5-10-23(17-9-11-28(26,27)14-17)19(25)13-22(4)12-18(24)21-20-15(2)7-6-8-16(20)3/h6-8,17H,5,9-14H2,1-4H3,(H,21,24)/p+1/t17-/m1/s1. The van der Waals surface area contributed by atoms with E-state index in [1.165, 1.54) is 0 Å². The molecule has 1 fully saturated rings. The molecule has 0 aliphatic carbocycles. The first-order valence-corrected chi connectivity index (χ1v) is 11.6. The first-order chi connectivity index (χ1) is 13.1. The summed E-state index contributed by atoms with van der Waals surface area (Å²) in [6.07, 6.45) is 1.27. The van der Waals surface area contributed by atoms with Crippen LogP contribution in [-0.2, 0) is 19.4 Å². The molecule has 2 amide bonds. The first kappa shape index (κ1) is 22.4. The monoisotopic (exact) mass is 410 g/mol. The largest absolute Gasteiger partial charge is 0.334 e. The Bertz CT molecular complexity index is 802. The molecule has 2 N–H and O–H groups in total. The van der Waals surface area contributed by atoms with Crippen molar-refractivity contribution < 1.29 is 22.9 Å². The number of nitrogens with one attached hydrogen (secondary N) is 2. The molecule has 0 aromatic heterocycles. The Hall–Kier alpha value is -1.93. The van der Waals surface area contributed by atoms with E-state index in [0.717, 1.165) is 28.1 Å². The maximum Gasteiger partial charge on any atom is 0.279 e. The number of likely N-dealkylation sites (N-methyl/N-ethyl adjacent to an activating group) is 1. The number of quaternary nitrogens is 1. The van der Waals surface area contributed by atoms with E-state index >= 15 is 0 Å². The average molecular weight is 411 g/mol. The molecule has 0 spiro atoms. The second-order valence-corrected chi connectivity index (χ2v) is 10.00. The van der Waals surface area contributed by atoms with Crippen LogP contribution >= 0.6 is 0 Å². The number of carbonyl (C=O) groups is 2. The number of rotatable bonds is 8. The normalized spacial score (nSPS) is 19.2. The van der Waals surface area contributed by atoms with Crippen molar-refractivity contribution in [3.05, 3.63) is 29.3 Å². The van der Waals surface area contributed by atoms with Gasteiger partial charge in [-0.1, -0.05) is 25.1 Å². The molecule has 156 valence electrons. The van der Waals surface area contributed by atoms with Crippen LogP contribution in [0.5, 0.6) is 0 Å². The van der Waals surface area contributed by atoms with Crippen LogP contribution in [0, 0.1) is 13.8 Å². The maximum absolute atomic E-state index is 12.8. The van der Waals surface area contributed by atoms with Crippen molar-refractivity contribution in [1.82, 2.24) is 4.90 Å². The van der Waals surface area contributed by atoms with Gasteiger partial charge in [-0.3, -0.25) is 9.59 Å². The molecule has 1 aliphatic rings. The molecular formula is C20H32N3O4S+. The molecule has 2 atom stereocenters. The van der Waals surface area contributed by atoms with E-state index in [0.29, 0.717) is 13.0 Å². The Kier molecular flexibility index (Phi) is 7.60. The van der Waals surface area contributed by atoms with Crippen molar-refractivity contribution in [2.45, 2.75) is 39.7 Å². The Morgan fingerprint density at radius 1 is 1.21 bits per heavy atom. The average Bonchev–Trinajstić information content (AvgIpc) is 2.95. The number of nitrogens with zero attached hydrogens (tertiary/aromatic N) is 1. The van der Waals surface area contributed by atoms with Crippen molar-refractivity contribution in [3.8, 4) is 0 Å². The summed E-state index contributed by atoms with van der Waals surface area (Å²) in [4.78, 5) is 27.6. The Morgan fingerprint density at radius 2 is 1.86 bits per heavy atom. The second kappa shape index (κ2) is 9.52. The van der Waals surface area contributed by atoms with Gasteiger partial charge in [0.15, 0.2) is 22.9 Å². The van der Waals surface area contributed by atoms with Gasteiger partial charge in [-0.25, -0.2) is 8.42 Å². The van der Waals surface area contributed by atoms with E-state index in [1.807, 2.05) is 39.0 Å². The zero-order valence-corrected chi connectivity index (χ0v) is 18.1. The number of sulfone groups is 1. The van der Waals surface area contributed by atoms with Crippen molar-refractivity contribution in [3.63, 3.8) is 0 Å². The van der Waals surface area contributed by atoms with Crippen LogP contribution in [-0.4, -0.2) is 69.4 Å². The van der Waals surface area contributed by atoms with Crippen LogP contribution < -0.4 is 10.2 Å². The van der Waals surface area contributed by atoms with E-state index in [9.17, 15) is 18.0 Å². The number of amides is 2. The second-order valence-electron chi connectivity index (χ2n) is 7.77. The van der Waals surface area contributed by atoms with E-state index in [1.54, 1.807) is 11.9 Å². The summed E-state index contributed by atoms with van der Waals surface area (Å²) < 4.78 is 23.5. The quantitative estimate of drug-likeness (QED) is 0.640. The number of hydrogen-bond donors (Lipinski definition) is 2. The van der Waals surface area contributed by atoms with Crippen LogP contribution in [0.3, 0.4) is 0 Å². The number of aryl methyl sites for hydroxylation is 2. The van der Waals surface area contributed by atoms with Crippen molar-refractivity contribution in [1.29, 1.82) is 0 Å². The zero-order valence-electron chi connectivity index (χ0n) is 17.2. The van der Waals surface area contributed by atoms with Gasteiger partial charge in [0.05, 0.1) is 18.6 Å². The molecule has 1 aromatic carbocycles. The molecule has 0 bridgehead atoms. The van der Waals surface area contributed by atoms with Gasteiger partial charge in [0.1, 0.15) is 0 Å². The van der Waals surface area contributed by atoms with Crippen molar-refractivity contribution in [2.75, 3.05) is 43.5 Å². The molecule has 7 nitrogen and oxygen atoms in total. The van der Waals surface area contributed by atoms with Gasteiger partial charge in [-0.05, 0) is 37.8 Å². The molecule has 28 heavy (non-hydrogen) atoms. The molecule has 8 heteroatoms. The van der Waals surface area contributed by atoms with Crippen LogP contribution in [0.25, 0.3) is 0 Å². The van der Waals surface area contributed by atoms with Gasteiger partial charge in [-0.2, -0.15) is 0 Å². The highest BCUT2D eigenvalue weighted by Crippen LogP contribution is 2.19. The summed E-state index contributed by atoms with van der Waals surface area (Å²) in [5.74, 6) is -0.0499. The number of para-hydroxylation sites is 1. The zero-order chi connectivity index (χ0) is 20.9. The summed E-state index contributed by atoms with van der Waals surface area (Å²) >= 11 is 0. The highest BCUT2D eigenvalue weighted by Gasteiger charge is 2.35. The van der Waals surface area contributed by atoms with Gasteiger partial charge >= 0.3 is 0 Å². The van der Waals surface area contributed by atoms with E-state index < -0.39 is 9.84 Å². The number of hydrogen-bond acceptors (Lipinski definition) is 4. The van der Waals surface area contributed by atoms with Gasteiger partial charge in [0.2, 0.25) is 0 Å². The topological polar surface area (TPSA) is 88.0 Å². The first-order valence-electron chi connectivity index (χ1n) is 9.80. The Morgan fingerprint density at radius 3 is 2.39 bits per heavy atom. The predicted octanol–water partition coefficient (Wildman–Crippen LogP) is 0.182. The number of carbonyl (C=O) groups excluding carboxylic acids is 2. The van der Waals surface area contributed by atoms with Gasteiger partial charge < -0.3 is 15.1 Å². The fraction of sp³-hybridized carbons (Fsp3) is 0.600. The molecule has 1 heterocycles. The van der Waals surface area contributed by atoms with Gasteiger partial charge in [0, 0.05) is 18.3 Å². The highest BCUT2D eigenvalue weighted by atomic mass is 32.2. The third kappa shape index (κ3) is 6.04. The van der Waals surface area contributed by atoms with Gasteiger partial charge in [-0.15, -0.1) is 0 Å². The Balaban J connectivity index is 1.93. The molecule has 1 aliphatic heterocycles. The van der Waals surface area contributed by atoms with Crippen LogP contribution in [0.15, 0.2) is 18.2 Å². The SMILES string of the molecule is CCCN(C(=O)C[NH+](C)CC(=O)Nc1c(C)cccc1C)[C@@H]1CCS(=O)(=O)C1. The lowest BCUT2D eigenvalue weighted by molar-refractivity contribution is -0.862. The molecule has 1 unspecified atom stereocenters. The fourth-order valence-electron chi connectivity index (χ4n) is 3.66. The number of benzene rings is 1. The fourth-order valence-corrected chi connectivity index (χ4v) is 5.40. The molecular weight excluding hydrogens is 378 g/mol. The van der Waals surface area contributed by atoms with E-state index in [2.05, 4.69) is 5.32 Å². The minimum absolute atomic E-state index is 0.0465. The van der Waals surface area contributed by atoms with E-state index in [4.69, 9.17) is 0 Å². The summed E-state index contributed by atoms with van der Waals surface area (Å²) in [6.45, 7) is 6.74. The summed E-state index contributed by atoms with van der Waals surface area (Å²) in [6, 6.07) is 5.60. The summed E-state index contributed by atoms with van der Waals surface area (Å²) in [5, 5.41) is 2.94. The molecule has 0 radical (unpaired) electrons. The molecule has 1 saturated heterocycles. The molecule has 1 aromatic rings. The lowest BCUT2D eigenvalue weighted by Gasteiger charge is -2.28. The lowest BCUT2D eigenvalue weighted by Crippen LogP contribution is -3.11. The maximum atomic E-state index is 12.8. The van der Waals surface area contributed by atoms with E-state index in [-0.39, 0.29) is 42.5 Å². The third-order valence-electron chi connectivity index (χ3n) is 5.09. The smallest absolute Gasteiger partial charge is 0.279 e. The lowest BCUT2D eigenvalue weighted by atomic mass is 10.1. The van der Waals surface area contributed by atoms with Crippen LogP contribution in [0.4, 0.5) is 5.69 Å². The Labute approximate surface area is 168 Å². The number of anilines is 1. The van der Waals surface area contributed by atoms with Crippen molar-refractivity contribution in [2.24, 2.45) is 0 Å². The summed E-state index contributed by atoms with van der Waals surface area (Å²) in [7, 11) is -1.24. The molecule has 0 saturated carbocycles. The van der Waals surface area contributed by atoms with Crippen molar-refractivity contribution >= 4 is 27.3 Å². The van der Waals surface area contributed by atoms with Crippen LogP contribution in [0.1, 0.15) is 30.9 Å². The predicted molar refractivity (Wildman–Crippen MR) is 110 cm³/mol. The third-order valence-corrected chi connectivity index (χ3v) is 6.85. The summed E-state index contributed by atoms with van der Waals surface area (Å²) in [5.41, 5.74) is 2.81.